The largest absolute Gasteiger partial charge is 0.396 e. The number of nitrogens with two attached hydrogens (primary N) is 1. The van der Waals surface area contributed by atoms with Crippen LogP contribution in [0, 0.1) is 6.92 Å². The summed E-state index contributed by atoms with van der Waals surface area (Å²) in [5.74, 6) is 1.32. The van der Waals surface area contributed by atoms with Gasteiger partial charge in [0, 0.05) is 18.7 Å². The standard InChI is InChI=1S/C23H32N4O2/c1-3-4-13-20-25-21-19(12-8-9-14-28)17(2)27(22(21)23(24)26-20)16-29-15-18-10-6-5-7-11-18/h5-7,10-11,28H,3-4,8-9,12-16H2,1-2H3,(H2,24,25,26). The van der Waals surface area contributed by atoms with Gasteiger partial charge in [0.2, 0.25) is 0 Å². The second-order valence-corrected chi connectivity index (χ2v) is 7.46. The fraction of sp³-hybridized carbons (Fsp3) is 0.478. The van der Waals surface area contributed by atoms with Crippen LogP contribution >= 0.6 is 0 Å². The van der Waals surface area contributed by atoms with E-state index in [-0.39, 0.29) is 6.61 Å². The van der Waals surface area contributed by atoms with E-state index in [1.165, 1.54) is 5.56 Å². The maximum atomic E-state index is 9.17. The van der Waals surface area contributed by atoms with Crippen LogP contribution in [0.5, 0.6) is 0 Å². The first kappa shape index (κ1) is 21.3. The zero-order valence-electron chi connectivity index (χ0n) is 17.5. The van der Waals surface area contributed by atoms with Gasteiger partial charge in [-0.1, -0.05) is 43.7 Å². The van der Waals surface area contributed by atoms with Crippen LogP contribution in [-0.4, -0.2) is 26.2 Å². The minimum atomic E-state index is 0.205. The SMILES string of the molecule is CCCCc1nc(N)c2c(n1)c(CCCCO)c(C)n2COCc1ccccc1. The number of aromatic nitrogens is 3. The summed E-state index contributed by atoms with van der Waals surface area (Å²) < 4.78 is 8.08. The molecule has 3 N–H and O–H groups in total. The summed E-state index contributed by atoms with van der Waals surface area (Å²) in [7, 11) is 0. The Morgan fingerprint density at radius 2 is 1.86 bits per heavy atom. The van der Waals surface area contributed by atoms with Crippen LogP contribution < -0.4 is 5.73 Å². The van der Waals surface area contributed by atoms with E-state index in [1.54, 1.807) is 0 Å². The van der Waals surface area contributed by atoms with Crippen LogP contribution in [0.15, 0.2) is 30.3 Å². The van der Waals surface area contributed by atoms with E-state index in [1.807, 2.05) is 18.2 Å². The van der Waals surface area contributed by atoms with Gasteiger partial charge in [0.1, 0.15) is 18.1 Å². The Hall–Kier alpha value is -2.44. The van der Waals surface area contributed by atoms with Gasteiger partial charge in [0.25, 0.3) is 0 Å². The Kier molecular flexibility index (Phi) is 7.61. The zero-order chi connectivity index (χ0) is 20.6. The predicted octanol–water partition coefficient (Wildman–Crippen LogP) is 4.15. The van der Waals surface area contributed by atoms with E-state index < -0.39 is 0 Å². The minimum Gasteiger partial charge on any atom is -0.396 e. The van der Waals surface area contributed by atoms with E-state index in [0.717, 1.165) is 66.6 Å². The van der Waals surface area contributed by atoms with Crippen molar-refractivity contribution in [2.45, 2.75) is 65.7 Å². The summed E-state index contributed by atoms with van der Waals surface area (Å²) in [6.45, 7) is 5.39. The van der Waals surface area contributed by atoms with Crippen LogP contribution in [0.1, 0.15) is 55.3 Å². The molecule has 0 fully saturated rings. The molecule has 3 rings (SSSR count). The number of hydrogen-bond donors (Lipinski definition) is 2. The maximum absolute atomic E-state index is 9.17. The molecule has 0 bridgehead atoms. The topological polar surface area (TPSA) is 86.2 Å². The Labute approximate surface area is 172 Å². The number of aliphatic hydroxyl groups is 1. The highest BCUT2D eigenvalue weighted by Crippen LogP contribution is 2.29. The lowest BCUT2D eigenvalue weighted by Crippen LogP contribution is -2.08. The number of nitrogens with zero attached hydrogens (tertiary/aromatic N) is 3. The number of unbranched alkanes of at least 4 members (excludes halogenated alkanes) is 2. The molecule has 0 aliphatic heterocycles. The van der Waals surface area contributed by atoms with E-state index in [4.69, 9.17) is 15.5 Å². The molecule has 0 amide bonds. The fourth-order valence-corrected chi connectivity index (χ4v) is 3.65. The molecule has 0 radical (unpaired) electrons. The van der Waals surface area contributed by atoms with Gasteiger partial charge < -0.3 is 20.1 Å². The molecular weight excluding hydrogens is 364 g/mol. The molecule has 3 aromatic rings. The van der Waals surface area contributed by atoms with Gasteiger partial charge in [-0.3, -0.25) is 0 Å². The van der Waals surface area contributed by atoms with Gasteiger partial charge in [0.15, 0.2) is 5.82 Å². The first-order valence-electron chi connectivity index (χ1n) is 10.5. The molecule has 0 aliphatic rings. The number of rotatable bonds is 11. The van der Waals surface area contributed by atoms with E-state index in [2.05, 4.69) is 35.5 Å². The number of ether oxygens (including phenoxy) is 1. The normalized spacial score (nSPS) is 11.4. The second kappa shape index (κ2) is 10.4. The summed E-state index contributed by atoms with van der Waals surface area (Å²) in [6, 6.07) is 10.1. The molecule has 2 heterocycles. The van der Waals surface area contributed by atoms with Crippen molar-refractivity contribution in [3.8, 4) is 0 Å². The van der Waals surface area contributed by atoms with Crippen LogP contribution in [0.3, 0.4) is 0 Å². The predicted molar refractivity (Wildman–Crippen MR) is 117 cm³/mol. The van der Waals surface area contributed by atoms with Crippen molar-refractivity contribution in [2.24, 2.45) is 0 Å². The number of nitrogen functional groups attached to an aromatic ring is 1. The quantitative estimate of drug-likeness (QED) is 0.476. The van der Waals surface area contributed by atoms with Crippen molar-refractivity contribution < 1.29 is 9.84 Å². The molecular formula is C23H32N4O2. The lowest BCUT2D eigenvalue weighted by Gasteiger charge is -2.11. The Balaban J connectivity index is 1.91. The van der Waals surface area contributed by atoms with Gasteiger partial charge >= 0.3 is 0 Å². The Bertz CT molecular complexity index is 922. The monoisotopic (exact) mass is 396 g/mol. The average molecular weight is 397 g/mol. The molecule has 6 heteroatoms. The molecule has 0 saturated carbocycles. The highest BCUT2D eigenvalue weighted by atomic mass is 16.5. The molecule has 156 valence electrons. The molecule has 0 spiro atoms. The third-order valence-corrected chi connectivity index (χ3v) is 5.28. The van der Waals surface area contributed by atoms with Crippen molar-refractivity contribution in [1.82, 2.24) is 14.5 Å². The zero-order valence-corrected chi connectivity index (χ0v) is 17.5. The number of anilines is 1. The van der Waals surface area contributed by atoms with Gasteiger partial charge in [-0.05, 0) is 43.7 Å². The van der Waals surface area contributed by atoms with E-state index in [9.17, 15) is 5.11 Å². The lowest BCUT2D eigenvalue weighted by atomic mass is 10.1. The summed E-state index contributed by atoms with van der Waals surface area (Å²) in [5.41, 5.74) is 11.6. The highest BCUT2D eigenvalue weighted by Gasteiger charge is 2.19. The average Bonchev–Trinajstić information content (AvgIpc) is 2.99. The molecule has 2 aromatic heterocycles. The summed E-state index contributed by atoms with van der Waals surface area (Å²) in [6.07, 6.45) is 5.53. The van der Waals surface area contributed by atoms with Crippen molar-refractivity contribution in [3.05, 3.63) is 53.0 Å². The van der Waals surface area contributed by atoms with E-state index in [0.29, 0.717) is 19.2 Å². The van der Waals surface area contributed by atoms with Gasteiger partial charge in [-0.25, -0.2) is 9.97 Å². The van der Waals surface area contributed by atoms with Crippen molar-refractivity contribution in [1.29, 1.82) is 0 Å². The van der Waals surface area contributed by atoms with E-state index >= 15 is 0 Å². The first-order valence-corrected chi connectivity index (χ1v) is 10.5. The highest BCUT2D eigenvalue weighted by molar-refractivity contribution is 5.89. The van der Waals surface area contributed by atoms with Crippen molar-refractivity contribution in [2.75, 3.05) is 12.3 Å². The molecule has 0 saturated heterocycles. The Morgan fingerprint density at radius 1 is 1.07 bits per heavy atom. The van der Waals surface area contributed by atoms with Crippen molar-refractivity contribution in [3.63, 3.8) is 0 Å². The Morgan fingerprint density at radius 3 is 2.59 bits per heavy atom. The smallest absolute Gasteiger partial charge is 0.151 e. The molecule has 6 nitrogen and oxygen atoms in total. The third-order valence-electron chi connectivity index (χ3n) is 5.28. The van der Waals surface area contributed by atoms with Crippen LogP contribution in [0.4, 0.5) is 5.82 Å². The third kappa shape index (κ3) is 5.14. The van der Waals surface area contributed by atoms with Gasteiger partial charge in [0.05, 0.1) is 12.1 Å². The summed E-state index contributed by atoms with van der Waals surface area (Å²) in [4.78, 5) is 9.44. The number of fused-ring (bicyclic) bond motifs is 1. The van der Waals surface area contributed by atoms with Gasteiger partial charge in [-0.2, -0.15) is 0 Å². The minimum absolute atomic E-state index is 0.205. The fourth-order valence-electron chi connectivity index (χ4n) is 3.65. The summed E-state index contributed by atoms with van der Waals surface area (Å²) >= 11 is 0. The first-order chi connectivity index (χ1) is 14.2. The molecule has 0 atom stereocenters. The number of aryl methyl sites for hydroxylation is 2. The lowest BCUT2D eigenvalue weighted by molar-refractivity contribution is 0.0656. The van der Waals surface area contributed by atoms with Crippen LogP contribution in [0.2, 0.25) is 0 Å². The molecule has 29 heavy (non-hydrogen) atoms. The van der Waals surface area contributed by atoms with Gasteiger partial charge in [-0.15, -0.1) is 0 Å². The number of aliphatic hydroxyl groups excluding tert-OH is 1. The van der Waals surface area contributed by atoms with Crippen molar-refractivity contribution >= 4 is 16.9 Å². The van der Waals surface area contributed by atoms with Crippen LogP contribution in [-0.2, 0) is 30.9 Å². The maximum Gasteiger partial charge on any atom is 0.151 e. The molecule has 1 aromatic carbocycles. The second-order valence-electron chi connectivity index (χ2n) is 7.46. The summed E-state index contributed by atoms with van der Waals surface area (Å²) in [5, 5.41) is 9.17. The molecule has 0 aliphatic carbocycles. The number of benzene rings is 1. The van der Waals surface area contributed by atoms with Crippen LogP contribution in [0.25, 0.3) is 11.0 Å². The molecule has 0 unspecified atom stereocenters. The number of hydrogen-bond acceptors (Lipinski definition) is 5.